The Hall–Kier alpha value is -3.66. The van der Waals surface area contributed by atoms with E-state index < -0.39 is 33.7 Å². The fourth-order valence-electron chi connectivity index (χ4n) is 3.40. The van der Waals surface area contributed by atoms with Gasteiger partial charge in [0.15, 0.2) is 6.10 Å². The van der Waals surface area contributed by atoms with Crippen LogP contribution < -0.4 is 19.1 Å². The van der Waals surface area contributed by atoms with Crippen LogP contribution >= 0.6 is 0 Å². The molecule has 0 saturated carbocycles. The van der Waals surface area contributed by atoms with Gasteiger partial charge in [0.2, 0.25) is 0 Å². The number of halogens is 2. The number of nitrogens with zero attached hydrogens (tertiary/aromatic N) is 1. The summed E-state index contributed by atoms with van der Waals surface area (Å²) < 4.78 is 66.0. The molecule has 0 spiro atoms. The lowest BCUT2D eigenvalue weighted by molar-refractivity contribution is -0.122. The van der Waals surface area contributed by atoms with Gasteiger partial charge in [0, 0.05) is 6.07 Å². The molecule has 0 fully saturated rings. The quantitative estimate of drug-likeness (QED) is 0.607. The fraction of sp³-hybridized carbons (Fsp3) is 0.174. The number of amides is 1. The Morgan fingerprint density at radius 2 is 1.82 bits per heavy atom. The normalized spacial score (nSPS) is 15.4. The highest BCUT2D eigenvalue weighted by molar-refractivity contribution is 7.92. The van der Waals surface area contributed by atoms with Crippen molar-refractivity contribution in [2.24, 2.45) is 0 Å². The molecule has 3 aromatic carbocycles. The highest BCUT2D eigenvalue weighted by Gasteiger charge is 2.38. The summed E-state index contributed by atoms with van der Waals surface area (Å²) in [6.45, 7) is 1.45. The lowest BCUT2D eigenvalue weighted by atomic mass is 10.1. The summed E-state index contributed by atoms with van der Waals surface area (Å²) in [5.41, 5.74) is 0.819. The van der Waals surface area contributed by atoms with Crippen molar-refractivity contribution in [3.05, 3.63) is 77.9 Å². The van der Waals surface area contributed by atoms with Crippen LogP contribution in [0.2, 0.25) is 0 Å². The zero-order chi connectivity index (χ0) is 23.8. The molecular weight excluding hydrogens is 454 g/mol. The number of benzene rings is 3. The van der Waals surface area contributed by atoms with E-state index in [1.165, 1.54) is 31.4 Å². The SMILES string of the molecule is COc1ccc(S(=O)(=O)N2C[C@@H](C(=O)Nc3ccc(F)cc3F)Oc3cc(C)ccc32)cc1. The van der Waals surface area contributed by atoms with Crippen molar-refractivity contribution >= 4 is 27.3 Å². The Morgan fingerprint density at radius 1 is 1.09 bits per heavy atom. The lowest BCUT2D eigenvalue weighted by Crippen LogP contribution is -2.48. The molecule has 1 amide bonds. The van der Waals surface area contributed by atoms with Crippen LogP contribution in [-0.2, 0) is 14.8 Å². The van der Waals surface area contributed by atoms with Gasteiger partial charge in [-0.2, -0.15) is 0 Å². The number of sulfonamides is 1. The first-order valence-electron chi connectivity index (χ1n) is 9.89. The molecule has 7 nitrogen and oxygen atoms in total. The second kappa shape index (κ2) is 8.70. The van der Waals surface area contributed by atoms with Crippen LogP contribution in [0.1, 0.15) is 5.56 Å². The molecule has 0 aromatic heterocycles. The molecule has 1 N–H and O–H groups in total. The van der Waals surface area contributed by atoms with Gasteiger partial charge in [0.1, 0.15) is 23.1 Å². The lowest BCUT2D eigenvalue weighted by Gasteiger charge is -2.35. The number of aryl methyl sites for hydroxylation is 1. The molecule has 4 rings (SSSR count). The van der Waals surface area contributed by atoms with Gasteiger partial charge < -0.3 is 14.8 Å². The van der Waals surface area contributed by atoms with E-state index in [1.807, 2.05) is 0 Å². The van der Waals surface area contributed by atoms with Crippen LogP contribution in [0.4, 0.5) is 20.2 Å². The van der Waals surface area contributed by atoms with Gasteiger partial charge in [-0.1, -0.05) is 6.07 Å². The van der Waals surface area contributed by atoms with Gasteiger partial charge in [-0.25, -0.2) is 17.2 Å². The standard InChI is InChI=1S/C23H20F2N2O5S/c1-14-3-10-20-21(11-14)32-22(23(28)26-19-9-4-15(24)12-18(19)25)13-27(20)33(29,30)17-7-5-16(31-2)6-8-17/h3-12,22H,13H2,1-2H3,(H,26,28)/t22-/m0/s1. The predicted octanol–water partition coefficient (Wildman–Crippen LogP) is 3.88. The third-order valence-electron chi connectivity index (χ3n) is 5.11. The van der Waals surface area contributed by atoms with Crippen LogP contribution in [0.15, 0.2) is 65.6 Å². The van der Waals surface area contributed by atoms with Crippen molar-refractivity contribution in [2.75, 3.05) is 23.3 Å². The third-order valence-corrected chi connectivity index (χ3v) is 6.91. The molecule has 172 valence electrons. The molecule has 1 heterocycles. The Kier molecular flexibility index (Phi) is 5.94. The number of rotatable bonds is 5. The molecule has 1 atom stereocenters. The molecule has 33 heavy (non-hydrogen) atoms. The summed E-state index contributed by atoms with van der Waals surface area (Å²) in [6.07, 6.45) is -1.28. The van der Waals surface area contributed by atoms with Crippen LogP contribution in [0.5, 0.6) is 11.5 Å². The summed E-state index contributed by atoms with van der Waals surface area (Å²) in [5.74, 6) is -1.84. The van der Waals surface area contributed by atoms with Crippen molar-refractivity contribution in [1.29, 1.82) is 0 Å². The highest BCUT2D eigenvalue weighted by atomic mass is 32.2. The number of hydrogen-bond donors (Lipinski definition) is 1. The van der Waals surface area contributed by atoms with Crippen molar-refractivity contribution in [3.63, 3.8) is 0 Å². The molecule has 0 saturated heterocycles. The molecule has 1 aliphatic rings. The van der Waals surface area contributed by atoms with E-state index in [9.17, 15) is 22.0 Å². The van der Waals surface area contributed by atoms with Crippen LogP contribution in [0, 0.1) is 18.6 Å². The minimum atomic E-state index is -4.07. The van der Waals surface area contributed by atoms with Crippen LogP contribution in [0.25, 0.3) is 0 Å². The van der Waals surface area contributed by atoms with Crippen molar-refractivity contribution < 1.29 is 31.5 Å². The largest absolute Gasteiger partial charge is 0.497 e. The minimum absolute atomic E-state index is 0.000428. The number of anilines is 2. The topological polar surface area (TPSA) is 84.9 Å². The maximum Gasteiger partial charge on any atom is 0.267 e. The summed E-state index contributed by atoms with van der Waals surface area (Å²) in [5, 5.41) is 2.34. The van der Waals surface area contributed by atoms with E-state index in [-0.39, 0.29) is 28.6 Å². The first-order chi connectivity index (χ1) is 15.7. The average molecular weight is 474 g/mol. The predicted molar refractivity (Wildman–Crippen MR) is 118 cm³/mol. The molecule has 0 bridgehead atoms. The van der Waals surface area contributed by atoms with E-state index >= 15 is 0 Å². The van der Waals surface area contributed by atoms with Crippen molar-refractivity contribution in [3.8, 4) is 11.5 Å². The summed E-state index contributed by atoms with van der Waals surface area (Å²) in [6, 6.07) is 13.5. The number of ether oxygens (including phenoxy) is 2. The van der Waals surface area contributed by atoms with Gasteiger partial charge in [-0.3, -0.25) is 9.10 Å². The minimum Gasteiger partial charge on any atom is -0.497 e. The number of carbonyl (C=O) groups excluding carboxylic acids is 1. The summed E-state index contributed by atoms with van der Waals surface area (Å²) in [7, 11) is -2.60. The summed E-state index contributed by atoms with van der Waals surface area (Å²) >= 11 is 0. The molecule has 3 aromatic rings. The van der Waals surface area contributed by atoms with Crippen molar-refractivity contribution in [2.45, 2.75) is 17.9 Å². The first kappa shape index (κ1) is 22.5. The zero-order valence-corrected chi connectivity index (χ0v) is 18.5. The first-order valence-corrected chi connectivity index (χ1v) is 11.3. The van der Waals surface area contributed by atoms with Gasteiger partial charge in [-0.05, 0) is 61.0 Å². The van der Waals surface area contributed by atoms with Gasteiger partial charge >= 0.3 is 0 Å². The molecule has 0 aliphatic carbocycles. The van der Waals surface area contributed by atoms with E-state index in [1.54, 1.807) is 25.1 Å². The Labute approximate surface area is 189 Å². The molecule has 0 unspecified atom stereocenters. The van der Waals surface area contributed by atoms with Gasteiger partial charge in [0.05, 0.1) is 29.9 Å². The van der Waals surface area contributed by atoms with E-state index in [0.29, 0.717) is 11.8 Å². The third kappa shape index (κ3) is 4.47. The Balaban J connectivity index is 1.69. The van der Waals surface area contributed by atoms with Gasteiger partial charge in [-0.15, -0.1) is 0 Å². The monoisotopic (exact) mass is 474 g/mol. The average Bonchev–Trinajstić information content (AvgIpc) is 2.79. The Morgan fingerprint density at radius 3 is 2.48 bits per heavy atom. The molecule has 1 aliphatic heterocycles. The van der Waals surface area contributed by atoms with Crippen molar-refractivity contribution in [1.82, 2.24) is 0 Å². The number of carbonyl (C=O) groups is 1. The molecular formula is C23H20F2N2O5S. The zero-order valence-electron chi connectivity index (χ0n) is 17.7. The fourth-order valence-corrected chi connectivity index (χ4v) is 4.88. The Bertz CT molecular complexity index is 1310. The second-order valence-corrected chi connectivity index (χ2v) is 9.27. The second-order valence-electron chi connectivity index (χ2n) is 7.40. The van der Waals surface area contributed by atoms with Crippen LogP contribution in [0.3, 0.4) is 0 Å². The number of methoxy groups -OCH3 is 1. The highest BCUT2D eigenvalue weighted by Crippen LogP contribution is 2.38. The van der Waals surface area contributed by atoms with Crippen LogP contribution in [-0.4, -0.2) is 34.1 Å². The maximum absolute atomic E-state index is 14.0. The van der Waals surface area contributed by atoms with E-state index in [0.717, 1.165) is 22.0 Å². The van der Waals surface area contributed by atoms with Gasteiger partial charge in [0.25, 0.3) is 15.9 Å². The number of hydrogen-bond acceptors (Lipinski definition) is 5. The maximum atomic E-state index is 14.0. The molecule has 0 radical (unpaired) electrons. The van der Waals surface area contributed by atoms with E-state index in [2.05, 4.69) is 5.32 Å². The number of nitrogens with one attached hydrogen (secondary N) is 1. The summed E-state index contributed by atoms with van der Waals surface area (Å²) in [4.78, 5) is 12.9. The smallest absolute Gasteiger partial charge is 0.267 e. The number of fused-ring (bicyclic) bond motifs is 1. The molecule has 10 heteroatoms. The van der Waals surface area contributed by atoms with E-state index in [4.69, 9.17) is 9.47 Å².